The molecule has 0 radical (unpaired) electrons. The summed E-state index contributed by atoms with van der Waals surface area (Å²) < 4.78 is 0. The molecule has 0 amide bonds. The standard InChI is InChI=1S/C12H24N2S/c1-2-14-6-3-4-12(9-14)13-8-11-5-7-15-10-11/h11-13H,2-10H2,1H3. The van der Waals surface area contributed by atoms with Crippen LogP contribution in [0.3, 0.4) is 0 Å². The third-order valence-electron chi connectivity index (χ3n) is 3.67. The van der Waals surface area contributed by atoms with Gasteiger partial charge in [0.15, 0.2) is 0 Å². The summed E-state index contributed by atoms with van der Waals surface area (Å²) in [5.41, 5.74) is 0. The van der Waals surface area contributed by atoms with Crippen LogP contribution in [0.2, 0.25) is 0 Å². The third-order valence-corrected chi connectivity index (χ3v) is 4.90. The van der Waals surface area contributed by atoms with Crippen molar-refractivity contribution in [1.82, 2.24) is 10.2 Å². The maximum Gasteiger partial charge on any atom is 0.0195 e. The quantitative estimate of drug-likeness (QED) is 0.790. The molecule has 0 saturated carbocycles. The molecule has 3 heteroatoms. The Balaban J connectivity index is 1.65. The number of likely N-dealkylation sites (tertiary alicyclic amines) is 1. The fourth-order valence-corrected chi connectivity index (χ4v) is 3.87. The highest BCUT2D eigenvalue weighted by molar-refractivity contribution is 7.99. The zero-order chi connectivity index (χ0) is 10.5. The number of hydrogen-bond acceptors (Lipinski definition) is 3. The fourth-order valence-electron chi connectivity index (χ4n) is 2.59. The highest BCUT2D eigenvalue weighted by Gasteiger charge is 2.20. The molecule has 15 heavy (non-hydrogen) atoms. The fraction of sp³-hybridized carbons (Fsp3) is 1.00. The Labute approximate surface area is 98.2 Å². The molecule has 0 aromatic rings. The second-order valence-electron chi connectivity index (χ2n) is 4.87. The predicted molar refractivity (Wildman–Crippen MR) is 68.6 cm³/mol. The normalized spacial score (nSPS) is 33.4. The van der Waals surface area contributed by atoms with Gasteiger partial charge in [-0.2, -0.15) is 11.8 Å². The number of thioether (sulfide) groups is 1. The Hall–Kier alpha value is 0.270. The number of piperidine rings is 1. The molecule has 0 aliphatic carbocycles. The first-order chi connectivity index (χ1) is 7.38. The van der Waals surface area contributed by atoms with Gasteiger partial charge < -0.3 is 10.2 Å². The van der Waals surface area contributed by atoms with E-state index in [4.69, 9.17) is 0 Å². The summed E-state index contributed by atoms with van der Waals surface area (Å²) in [5, 5.41) is 3.77. The van der Waals surface area contributed by atoms with Gasteiger partial charge in [0, 0.05) is 12.6 Å². The smallest absolute Gasteiger partial charge is 0.0195 e. The lowest BCUT2D eigenvalue weighted by molar-refractivity contribution is 0.196. The van der Waals surface area contributed by atoms with Gasteiger partial charge in [0.05, 0.1) is 0 Å². The van der Waals surface area contributed by atoms with Crippen molar-refractivity contribution in [3.05, 3.63) is 0 Å². The molecule has 0 bridgehead atoms. The van der Waals surface area contributed by atoms with Crippen LogP contribution < -0.4 is 5.32 Å². The SMILES string of the molecule is CCN1CCCC(NCC2CCSC2)C1. The molecule has 2 atom stereocenters. The van der Waals surface area contributed by atoms with E-state index in [-0.39, 0.29) is 0 Å². The minimum absolute atomic E-state index is 0.768. The summed E-state index contributed by atoms with van der Waals surface area (Å²) in [5.74, 6) is 3.72. The first kappa shape index (κ1) is 11.7. The van der Waals surface area contributed by atoms with Crippen molar-refractivity contribution >= 4 is 11.8 Å². The van der Waals surface area contributed by atoms with E-state index in [1.54, 1.807) is 0 Å². The summed E-state index contributed by atoms with van der Waals surface area (Å²) in [7, 11) is 0. The Kier molecular flexibility index (Phi) is 4.79. The van der Waals surface area contributed by atoms with E-state index in [2.05, 4.69) is 28.9 Å². The molecular weight excluding hydrogens is 204 g/mol. The summed E-state index contributed by atoms with van der Waals surface area (Å²) in [6.07, 6.45) is 4.20. The van der Waals surface area contributed by atoms with Crippen LogP contribution in [0, 0.1) is 5.92 Å². The lowest BCUT2D eigenvalue weighted by atomic mass is 10.0. The van der Waals surface area contributed by atoms with Gasteiger partial charge in [-0.05, 0) is 56.3 Å². The van der Waals surface area contributed by atoms with Crippen molar-refractivity contribution in [2.24, 2.45) is 5.92 Å². The summed E-state index contributed by atoms with van der Waals surface area (Å²) >= 11 is 2.12. The van der Waals surface area contributed by atoms with Crippen LogP contribution >= 0.6 is 11.8 Å². The number of nitrogens with one attached hydrogen (secondary N) is 1. The predicted octanol–water partition coefficient (Wildman–Crippen LogP) is 1.81. The van der Waals surface area contributed by atoms with Gasteiger partial charge in [0.25, 0.3) is 0 Å². The molecule has 2 nitrogen and oxygen atoms in total. The minimum Gasteiger partial charge on any atom is -0.312 e. The Bertz CT molecular complexity index is 180. The van der Waals surface area contributed by atoms with E-state index < -0.39 is 0 Å². The zero-order valence-electron chi connectivity index (χ0n) is 9.87. The van der Waals surface area contributed by atoms with E-state index in [1.807, 2.05) is 0 Å². The van der Waals surface area contributed by atoms with E-state index in [0.29, 0.717) is 0 Å². The van der Waals surface area contributed by atoms with E-state index in [0.717, 1.165) is 12.0 Å². The van der Waals surface area contributed by atoms with Gasteiger partial charge in [0.2, 0.25) is 0 Å². The van der Waals surface area contributed by atoms with E-state index in [9.17, 15) is 0 Å². The molecular formula is C12H24N2S. The lowest BCUT2D eigenvalue weighted by Gasteiger charge is -2.33. The Morgan fingerprint density at radius 3 is 3.07 bits per heavy atom. The van der Waals surface area contributed by atoms with Gasteiger partial charge in [-0.25, -0.2) is 0 Å². The average Bonchev–Trinajstić information content (AvgIpc) is 2.79. The Morgan fingerprint density at radius 1 is 1.40 bits per heavy atom. The van der Waals surface area contributed by atoms with Gasteiger partial charge in [0.1, 0.15) is 0 Å². The molecule has 2 heterocycles. The molecule has 1 N–H and O–H groups in total. The third kappa shape index (κ3) is 3.65. The number of rotatable bonds is 4. The topological polar surface area (TPSA) is 15.3 Å². The molecule has 88 valence electrons. The molecule has 0 spiro atoms. The van der Waals surface area contributed by atoms with Crippen molar-refractivity contribution in [1.29, 1.82) is 0 Å². The summed E-state index contributed by atoms with van der Waals surface area (Å²) in [6.45, 7) is 7.34. The van der Waals surface area contributed by atoms with Crippen LogP contribution in [0.1, 0.15) is 26.2 Å². The highest BCUT2D eigenvalue weighted by atomic mass is 32.2. The van der Waals surface area contributed by atoms with Gasteiger partial charge in [-0.15, -0.1) is 0 Å². The average molecular weight is 228 g/mol. The van der Waals surface area contributed by atoms with Crippen molar-refractivity contribution in [3.63, 3.8) is 0 Å². The second kappa shape index (κ2) is 6.12. The first-order valence-electron chi connectivity index (χ1n) is 6.42. The molecule has 2 aliphatic rings. The second-order valence-corrected chi connectivity index (χ2v) is 6.02. The molecule has 2 saturated heterocycles. The number of likely N-dealkylation sites (N-methyl/N-ethyl adjacent to an activating group) is 1. The Morgan fingerprint density at radius 2 is 2.33 bits per heavy atom. The molecule has 0 aromatic heterocycles. The lowest BCUT2D eigenvalue weighted by Crippen LogP contribution is -2.46. The summed E-state index contributed by atoms with van der Waals surface area (Å²) in [6, 6.07) is 0.768. The number of nitrogens with zero attached hydrogens (tertiary/aromatic N) is 1. The number of hydrogen-bond donors (Lipinski definition) is 1. The first-order valence-corrected chi connectivity index (χ1v) is 7.57. The highest BCUT2D eigenvalue weighted by Crippen LogP contribution is 2.23. The van der Waals surface area contributed by atoms with E-state index in [1.165, 1.54) is 56.9 Å². The monoisotopic (exact) mass is 228 g/mol. The van der Waals surface area contributed by atoms with Gasteiger partial charge in [-0.1, -0.05) is 6.92 Å². The van der Waals surface area contributed by atoms with Crippen LogP contribution in [0.4, 0.5) is 0 Å². The molecule has 2 rings (SSSR count). The molecule has 2 aliphatic heterocycles. The van der Waals surface area contributed by atoms with Crippen LogP contribution in [-0.2, 0) is 0 Å². The van der Waals surface area contributed by atoms with Crippen molar-refractivity contribution in [2.75, 3.05) is 37.7 Å². The maximum absolute atomic E-state index is 3.77. The van der Waals surface area contributed by atoms with Crippen molar-refractivity contribution in [2.45, 2.75) is 32.2 Å². The maximum atomic E-state index is 3.77. The zero-order valence-corrected chi connectivity index (χ0v) is 10.7. The van der Waals surface area contributed by atoms with Crippen LogP contribution in [0.15, 0.2) is 0 Å². The van der Waals surface area contributed by atoms with Crippen LogP contribution in [-0.4, -0.2) is 48.6 Å². The summed E-state index contributed by atoms with van der Waals surface area (Å²) in [4.78, 5) is 2.57. The van der Waals surface area contributed by atoms with Crippen molar-refractivity contribution < 1.29 is 0 Å². The van der Waals surface area contributed by atoms with Crippen molar-refractivity contribution in [3.8, 4) is 0 Å². The van der Waals surface area contributed by atoms with Crippen LogP contribution in [0.25, 0.3) is 0 Å². The largest absolute Gasteiger partial charge is 0.312 e. The molecule has 2 unspecified atom stereocenters. The van der Waals surface area contributed by atoms with Gasteiger partial charge in [-0.3, -0.25) is 0 Å². The molecule has 0 aromatic carbocycles. The van der Waals surface area contributed by atoms with E-state index >= 15 is 0 Å². The van der Waals surface area contributed by atoms with Crippen LogP contribution in [0.5, 0.6) is 0 Å². The minimum atomic E-state index is 0.768. The molecule has 2 fully saturated rings. The van der Waals surface area contributed by atoms with Gasteiger partial charge >= 0.3 is 0 Å².